The number of methoxy groups -OCH3 is 1. The molecular formula is C14H19BrN2O4. The van der Waals surface area contributed by atoms with Gasteiger partial charge in [0.15, 0.2) is 0 Å². The Labute approximate surface area is 132 Å². The number of benzene rings is 1. The maximum atomic E-state index is 11.9. The molecule has 7 heteroatoms. The molecule has 0 saturated heterocycles. The highest BCUT2D eigenvalue weighted by Crippen LogP contribution is 2.27. The van der Waals surface area contributed by atoms with E-state index in [1.165, 1.54) is 7.11 Å². The standard InChI is InChI=1S/C14H19BrN2O4/c1-4-8(2)12(13(18)19)17-14(20)16-9-5-6-10(15)11(7-9)21-3/h5-8,12H,4H2,1-3H3,(H,18,19)(H2,16,17,20). The van der Waals surface area contributed by atoms with Crippen molar-refractivity contribution in [1.82, 2.24) is 5.32 Å². The summed E-state index contributed by atoms with van der Waals surface area (Å²) in [6, 6.07) is 3.57. The van der Waals surface area contributed by atoms with Crippen LogP contribution in [0.3, 0.4) is 0 Å². The number of urea groups is 1. The van der Waals surface area contributed by atoms with Crippen LogP contribution in [0.15, 0.2) is 22.7 Å². The summed E-state index contributed by atoms with van der Waals surface area (Å²) in [6.45, 7) is 3.65. The first-order valence-corrected chi connectivity index (χ1v) is 7.32. The molecule has 2 amide bonds. The van der Waals surface area contributed by atoms with E-state index in [9.17, 15) is 9.59 Å². The first-order valence-electron chi connectivity index (χ1n) is 6.52. The highest BCUT2D eigenvalue weighted by Gasteiger charge is 2.25. The normalized spacial score (nSPS) is 13.1. The number of anilines is 1. The molecule has 3 N–H and O–H groups in total. The summed E-state index contributed by atoms with van der Waals surface area (Å²) in [4.78, 5) is 23.1. The van der Waals surface area contributed by atoms with Crippen molar-refractivity contribution in [3.8, 4) is 5.75 Å². The minimum Gasteiger partial charge on any atom is -0.495 e. The highest BCUT2D eigenvalue weighted by atomic mass is 79.9. The smallest absolute Gasteiger partial charge is 0.326 e. The van der Waals surface area contributed by atoms with E-state index in [1.807, 2.05) is 6.92 Å². The van der Waals surface area contributed by atoms with Gasteiger partial charge >= 0.3 is 12.0 Å². The van der Waals surface area contributed by atoms with E-state index < -0.39 is 18.0 Å². The summed E-state index contributed by atoms with van der Waals surface area (Å²) in [5.41, 5.74) is 0.515. The number of rotatable bonds is 6. The number of hydrogen-bond donors (Lipinski definition) is 3. The summed E-state index contributed by atoms with van der Waals surface area (Å²) in [6.07, 6.45) is 0.656. The zero-order valence-electron chi connectivity index (χ0n) is 12.1. The Kier molecular flexibility index (Phi) is 6.48. The van der Waals surface area contributed by atoms with Gasteiger partial charge in [0, 0.05) is 11.8 Å². The molecule has 6 nitrogen and oxygen atoms in total. The lowest BCUT2D eigenvalue weighted by atomic mass is 9.99. The predicted octanol–water partition coefficient (Wildman–Crippen LogP) is 3.08. The molecule has 2 unspecified atom stereocenters. The van der Waals surface area contributed by atoms with Gasteiger partial charge in [-0.05, 0) is 34.0 Å². The maximum Gasteiger partial charge on any atom is 0.326 e. The largest absolute Gasteiger partial charge is 0.495 e. The van der Waals surface area contributed by atoms with E-state index in [-0.39, 0.29) is 5.92 Å². The van der Waals surface area contributed by atoms with Gasteiger partial charge in [-0.25, -0.2) is 9.59 Å². The second kappa shape index (κ2) is 7.87. The predicted molar refractivity (Wildman–Crippen MR) is 83.7 cm³/mol. The van der Waals surface area contributed by atoms with Crippen molar-refractivity contribution >= 4 is 33.6 Å². The lowest BCUT2D eigenvalue weighted by Gasteiger charge is -2.20. The molecular weight excluding hydrogens is 340 g/mol. The number of amides is 2. The van der Waals surface area contributed by atoms with Gasteiger partial charge in [-0.1, -0.05) is 20.3 Å². The van der Waals surface area contributed by atoms with Gasteiger partial charge in [0.2, 0.25) is 0 Å². The van der Waals surface area contributed by atoms with Gasteiger partial charge < -0.3 is 20.5 Å². The zero-order valence-corrected chi connectivity index (χ0v) is 13.7. The van der Waals surface area contributed by atoms with Crippen LogP contribution < -0.4 is 15.4 Å². The monoisotopic (exact) mass is 358 g/mol. The van der Waals surface area contributed by atoms with Crippen LogP contribution in [0, 0.1) is 5.92 Å². The number of carbonyl (C=O) groups is 2. The first-order chi connectivity index (χ1) is 9.88. The molecule has 0 aliphatic rings. The van der Waals surface area contributed by atoms with Crippen LogP contribution in [-0.4, -0.2) is 30.3 Å². The molecule has 0 bridgehead atoms. The third-order valence-corrected chi connectivity index (χ3v) is 3.83. The van der Waals surface area contributed by atoms with Crippen molar-refractivity contribution < 1.29 is 19.4 Å². The molecule has 1 rings (SSSR count). The number of nitrogens with one attached hydrogen (secondary N) is 2. The van der Waals surface area contributed by atoms with E-state index >= 15 is 0 Å². The summed E-state index contributed by atoms with van der Waals surface area (Å²) < 4.78 is 5.89. The topological polar surface area (TPSA) is 87.7 Å². The molecule has 0 radical (unpaired) electrons. The fraction of sp³-hybridized carbons (Fsp3) is 0.429. The lowest BCUT2D eigenvalue weighted by molar-refractivity contribution is -0.140. The third-order valence-electron chi connectivity index (χ3n) is 3.17. The summed E-state index contributed by atoms with van der Waals surface area (Å²) >= 11 is 3.31. The Morgan fingerprint density at radius 1 is 1.43 bits per heavy atom. The second-order valence-electron chi connectivity index (χ2n) is 4.65. The summed E-state index contributed by atoms with van der Waals surface area (Å²) in [5, 5.41) is 14.2. The molecule has 0 fully saturated rings. The third kappa shape index (κ3) is 4.93. The molecule has 0 aliphatic carbocycles. The minimum atomic E-state index is -1.05. The van der Waals surface area contributed by atoms with Gasteiger partial charge in [0.25, 0.3) is 0 Å². The Balaban J connectivity index is 2.74. The van der Waals surface area contributed by atoms with Crippen LogP contribution in [0.2, 0.25) is 0 Å². The van der Waals surface area contributed by atoms with Crippen LogP contribution in [-0.2, 0) is 4.79 Å². The summed E-state index contributed by atoms with van der Waals surface area (Å²) in [7, 11) is 1.52. The Bertz CT molecular complexity index is 522. The second-order valence-corrected chi connectivity index (χ2v) is 5.50. The average molecular weight is 359 g/mol. The van der Waals surface area contributed by atoms with E-state index in [0.29, 0.717) is 17.9 Å². The van der Waals surface area contributed by atoms with E-state index in [4.69, 9.17) is 9.84 Å². The average Bonchev–Trinajstić information content (AvgIpc) is 2.45. The molecule has 2 atom stereocenters. The lowest BCUT2D eigenvalue weighted by Crippen LogP contribution is -2.46. The number of ether oxygens (including phenoxy) is 1. The van der Waals surface area contributed by atoms with Gasteiger partial charge in [-0.2, -0.15) is 0 Å². The quantitative estimate of drug-likeness (QED) is 0.728. The van der Waals surface area contributed by atoms with Gasteiger partial charge in [-0.15, -0.1) is 0 Å². The zero-order chi connectivity index (χ0) is 16.0. The molecule has 0 spiro atoms. The van der Waals surface area contributed by atoms with E-state index in [0.717, 1.165) is 4.47 Å². The van der Waals surface area contributed by atoms with Crippen molar-refractivity contribution in [3.05, 3.63) is 22.7 Å². The molecule has 1 aromatic carbocycles. The fourth-order valence-corrected chi connectivity index (χ4v) is 2.14. The molecule has 21 heavy (non-hydrogen) atoms. The number of carboxylic acid groups (broad SMARTS) is 1. The number of halogens is 1. The van der Waals surface area contributed by atoms with Crippen molar-refractivity contribution in [2.45, 2.75) is 26.3 Å². The van der Waals surface area contributed by atoms with Gasteiger partial charge in [-0.3, -0.25) is 0 Å². The number of carboxylic acids is 1. The summed E-state index contributed by atoms with van der Waals surface area (Å²) in [5.74, 6) is -0.634. The SMILES string of the molecule is CCC(C)C(NC(=O)Nc1ccc(Br)c(OC)c1)C(=O)O. The van der Waals surface area contributed by atoms with Crippen molar-refractivity contribution in [2.75, 3.05) is 12.4 Å². The highest BCUT2D eigenvalue weighted by molar-refractivity contribution is 9.10. The van der Waals surface area contributed by atoms with E-state index in [2.05, 4.69) is 26.6 Å². The number of hydrogen-bond acceptors (Lipinski definition) is 3. The van der Waals surface area contributed by atoms with Crippen molar-refractivity contribution in [2.24, 2.45) is 5.92 Å². The van der Waals surface area contributed by atoms with Gasteiger partial charge in [0.1, 0.15) is 11.8 Å². The number of carbonyl (C=O) groups excluding carboxylic acids is 1. The molecule has 1 aromatic rings. The Morgan fingerprint density at radius 2 is 2.10 bits per heavy atom. The van der Waals surface area contributed by atoms with Crippen LogP contribution in [0.4, 0.5) is 10.5 Å². The van der Waals surface area contributed by atoms with Crippen LogP contribution >= 0.6 is 15.9 Å². The van der Waals surface area contributed by atoms with Crippen molar-refractivity contribution in [3.63, 3.8) is 0 Å². The molecule has 116 valence electrons. The number of aliphatic carboxylic acids is 1. The molecule has 0 aliphatic heterocycles. The van der Waals surface area contributed by atoms with Crippen molar-refractivity contribution in [1.29, 1.82) is 0 Å². The maximum absolute atomic E-state index is 11.9. The molecule has 0 saturated carbocycles. The van der Waals surface area contributed by atoms with Crippen LogP contribution in [0.5, 0.6) is 5.75 Å². The molecule has 0 heterocycles. The van der Waals surface area contributed by atoms with Gasteiger partial charge in [0.05, 0.1) is 11.6 Å². The van der Waals surface area contributed by atoms with E-state index in [1.54, 1.807) is 25.1 Å². The van der Waals surface area contributed by atoms with Crippen LogP contribution in [0.25, 0.3) is 0 Å². The Morgan fingerprint density at radius 3 is 2.62 bits per heavy atom. The Hall–Kier alpha value is -1.76. The van der Waals surface area contributed by atoms with Crippen LogP contribution in [0.1, 0.15) is 20.3 Å². The minimum absolute atomic E-state index is 0.160. The first kappa shape index (κ1) is 17.3. The molecule has 0 aromatic heterocycles. The fourth-order valence-electron chi connectivity index (χ4n) is 1.73.